The standard InChI is InChI=1S/C8H17NO/c1-3-9(4-2)7-5-6-8-10/h5-6,10H,3-4,7-8H2,1-2H3/b6-5+. The van der Waals surface area contributed by atoms with Crippen molar-refractivity contribution in [1.82, 2.24) is 4.90 Å². The molecule has 0 rings (SSSR count). The third-order valence-corrected chi connectivity index (χ3v) is 1.53. The van der Waals surface area contributed by atoms with Crippen LogP contribution in [0.25, 0.3) is 0 Å². The Hall–Kier alpha value is -0.340. The van der Waals surface area contributed by atoms with Crippen LogP contribution in [0.4, 0.5) is 0 Å². The van der Waals surface area contributed by atoms with Crippen LogP contribution in [0.15, 0.2) is 12.2 Å². The fourth-order valence-electron chi connectivity index (χ4n) is 0.780. The van der Waals surface area contributed by atoms with Crippen molar-refractivity contribution in [3.05, 3.63) is 12.2 Å². The molecule has 2 nitrogen and oxygen atoms in total. The molecule has 0 aliphatic heterocycles. The molecule has 1 N–H and O–H groups in total. The SMILES string of the molecule is CCN(CC)C/C=C/CO. The highest BCUT2D eigenvalue weighted by molar-refractivity contribution is 4.83. The van der Waals surface area contributed by atoms with E-state index in [1.165, 1.54) is 0 Å². The second-order valence-electron chi connectivity index (χ2n) is 2.14. The Morgan fingerprint density at radius 3 is 2.20 bits per heavy atom. The second kappa shape index (κ2) is 6.78. The Kier molecular flexibility index (Phi) is 6.55. The predicted octanol–water partition coefficient (Wildman–Crippen LogP) is 0.877. The van der Waals surface area contributed by atoms with E-state index in [4.69, 9.17) is 5.11 Å². The van der Waals surface area contributed by atoms with Crippen LogP contribution >= 0.6 is 0 Å². The van der Waals surface area contributed by atoms with Gasteiger partial charge in [-0.15, -0.1) is 0 Å². The third kappa shape index (κ3) is 4.53. The third-order valence-electron chi connectivity index (χ3n) is 1.53. The summed E-state index contributed by atoms with van der Waals surface area (Å²) in [5.41, 5.74) is 0. The van der Waals surface area contributed by atoms with Gasteiger partial charge in [0.2, 0.25) is 0 Å². The van der Waals surface area contributed by atoms with Crippen molar-refractivity contribution < 1.29 is 5.11 Å². The van der Waals surface area contributed by atoms with E-state index in [0.717, 1.165) is 19.6 Å². The van der Waals surface area contributed by atoms with Crippen molar-refractivity contribution in [3.63, 3.8) is 0 Å². The first kappa shape index (κ1) is 9.66. The molecule has 0 saturated heterocycles. The van der Waals surface area contributed by atoms with Gasteiger partial charge >= 0.3 is 0 Å². The molecule has 0 aromatic rings. The Balaban J connectivity index is 3.34. The van der Waals surface area contributed by atoms with Crippen LogP contribution in [0.3, 0.4) is 0 Å². The van der Waals surface area contributed by atoms with Gasteiger partial charge in [0.15, 0.2) is 0 Å². The average molecular weight is 143 g/mol. The van der Waals surface area contributed by atoms with E-state index in [2.05, 4.69) is 18.7 Å². The van der Waals surface area contributed by atoms with Crippen molar-refractivity contribution in [2.75, 3.05) is 26.2 Å². The van der Waals surface area contributed by atoms with Gasteiger partial charge < -0.3 is 10.0 Å². The summed E-state index contributed by atoms with van der Waals surface area (Å²) in [7, 11) is 0. The normalized spacial score (nSPS) is 11.6. The highest BCUT2D eigenvalue weighted by Crippen LogP contribution is 1.86. The van der Waals surface area contributed by atoms with Crippen LogP contribution < -0.4 is 0 Å². The first-order valence-electron chi connectivity index (χ1n) is 3.83. The quantitative estimate of drug-likeness (QED) is 0.577. The maximum Gasteiger partial charge on any atom is 0.0612 e. The van der Waals surface area contributed by atoms with Gasteiger partial charge in [0, 0.05) is 6.54 Å². The van der Waals surface area contributed by atoms with Gasteiger partial charge in [-0.2, -0.15) is 0 Å². The maximum absolute atomic E-state index is 8.42. The molecular formula is C8H17NO. The number of likely N-dealkylation sites (N-methyl/N-ethyl adjacent to an activating group) is 1. The highest BCUT2D eigenvalue weighted by Gasteiger charge is 1.92. The molecule has 0 saturated carbocycles. The summed E-state index contributed by atoms with van der Waals surface area (Å²) in [5.74, 6) is 0. The smallest absolute Gasteiger partial charge is 0.0612 e. The van der Waals surface area contributed by atoms with Gasteiger partial charge in [0.05, 0.1) is 6.61 Å². The topological polar surface area (TPSA) is 23.5 Å². The molecule has 60 valence electrons. The van der Waals surface area contributed by atoms with Crippen molar-refractivity contribution in [2.45, 2.75) is 13.8 Å². The van der Waals surface area contributed by atoms with Crippen molar-refractivity contribution in [2.24, 2.45) is 0 Å². The summed E-state index contributed by atoms with van der Waals surface area (Å²) in [5, 5.41) is 8.42. The van der Waals surface area contributed by atoms with Crippen LogP contribution in [0, 0.1) is 0 Å². The van der Waals surface area contributed by atoms with E-state index in [1.807, 2.05) is 6.08 Å². The molecule has 0 amide bonds. The molecule has 2 heteroatoms. The van der Waals surface area contributed by atoms with Crippen LogP contribution in [0.1, 0.15) is 13.8 Å². The van der Waals surface area contributed by atoms with Crippen LogP contribution in [0.2, 0.25) is 0 Å². The van der Waals surface area contributed by atoms with Gasteiger partial charge in [-0.05, 0) is 13.1 Å². The number of aliphatic hydroxyl groups is 1. The monoisotopic (exact) mass is 143 g/mol. The molecule has 0 aliphatic rings. The van der Waals surface area contributed by atoms with Crippen molar-refractivity contribution >= 4 is 0 Å². The highest BCUT2D eigenvalue weighted by atomic mass is 16.2. The fourth-order valence-corrected chi connectivity index (χ4v) is 0.780. The maximum atomic E-state index is 8.42. The Bertz CT molecular complexity index is 87.3. The van der Waals surface area contributed by atoms with Gasteiger partial charge in [0.25, 0.3) is 0 Å². The number of hydrogen-bond acceptors (Lipinski definition) is 2. The summed E-state index contributed by atoms with van der Waals surface area (Å²) in [6.07, 6.45) is 3.77. The Morgan fingerprint density at radius 1 is 1.20 bits per heavy atom. The van der Waals surface area contributed by atoms with Crippen molar-refractivity contribution in [3.8, 4) is 0 Å². The molecule has 0 aromatic carbocycles. The molecule has 0 atom stereocenters. The van der Waals surface area contributed by atoms with E-state index >= 15 is 0 Å². The van der Waals surface area contributed by atoms with Crippen LogP contribution in [-0.2, 0) is 0 Å². The largest absolute Gasteiger partial charge is 0.392 e. The lowest BCUT2D eigenvalue weighted by Crippen LogP contribution is -2.22. The van der Waals surface area contributed by atoms with Crippen molar-refractivity contribution in [1.29, 1.82) is 0 Å². The predicted molar refractivity (Wildman–Crippen MR) is 44.0 cm³/mol. The van der Waals surface area contributed by atoms with E-state index in [9.17, 15) is 0 Å². The molecule has 0 spiro atoms. The molecule has 0 fully saturated rings. The number of rotatable bonds is 5. The summed E-state index contributed by atoms with van der Waals surface area (Å²) in [6, 6.07) is 0. The Labute approximate surface area is 63.2 Å². The summed E-state index contributed by atoms with van der Waals surface area (Å²) in [4.78, 5) is 2.28. The van der Waals surface area contributed by atoms with E-state index in [-0.39, 0.29) is 6.61 Å². The average Bonchev–Trinajstić information content (AvgIpc) is 1.99. The van der Waals surface area contributed by atoms with Crippen LogP contribution in [0.5, 0.6) is 0 Å². The first-order valence-corrected chi connectivity index (χ1v) is 3.83. The molecule has 0 bridgehead atoms. The first-order chi connectivity index (χ1) is 4.85. The summed E-state index contributed by atoms with van der Waals surface area (Å²) >= 11 is 0. The minimum Gasteiger partial charge on any atom is -0.392 e. The van der Waals surface area contributed by atoms with Gasteiger partial charge in [-0.3, -0.25) is 0 Å². The fraction of sp³-hybridized carbons (Fsp3) is 0.750. The molecular weight excluding hydrogens is 126 g/mol. The zero-order chi connectivity index (χ0) is 7.82. The molecule has 0 aliphatic carbocycles. The molecule has 10 heavy (non-hydrogen) atoms. The lowest BCUT2D eigenvalue weighted by atomic mass is 10.4. The molecule has 0 heterocycles. The molecule has 0 aromatic heterocycles. The zero-order valence-electron chi connectivity index (χ0n) is 6.88. The molecule has 0 radical (unpaired) electrons. The Morgan fingerprint density at radius 2 is 1.80 bits per heavy atom. The lowest BCUT2D eigenvalue weighted by Gasteiger charge is -2.14. The number of hydrogen-bond donors (Lipinski definition) is 1. The lowest BCUT2D eigenvalue weighted by molar-refractivity contribution is 0.329. The van der Waals surface area contributed by atoms with Gasteiger partial charge in [0.1, 0.15) is 0 Å². The number of nitrogens with zero attached hydrogens (tertiary/aromatic N) is 1. The minimum atomic E-state index is 0.154. The molecule has 0 unspecified atom stereocenters. The van der Waals surface area contributed by atoms with E-state index < -0.39 is 0 Å². The van der Waals surface area contributed by atoms with Gasteiger partial charge in [-0.1, -0.05) is 26.0 Å². The number of aliphatic hydroxyl groups excluding tert-OH is 1. The van der Waals surface area contributed by atoms with Gasteiger partial charge in [-0.25, -0.2) is 0 Å². The zero-order valence-corrected chi connectivity index (χ0v) is 6.88. The summed E-state index contributed by atoms with van der Waals surface area (Å²) < 4.78 is 0. The minimum absolute atomic E-state index is 0.154. The van der Waals surface area contributed by atoms with E-state index in [0.29, 0.717) is 0 Å². The van der Waals surface area contributed by atoms with Crippen LogP contribution in [-0.4, -0.2) is 36.2 Å². The van der Waals surface area contributed by atoms with E-state index in [1.54, 1.807) is 6.08 Å². The second-order valence-corrected chi connectivity index (χ2v) is 2.14. The summed E-state index contributed by atoms with van der Waals surface area (Å²) in [6.45, 7) is 7.53.